The third-order valence-corrected chi connectivity index (χ3v) is 1.95. The van der Waals surface area contributed by atoms with E-state index in [1.54, 1.807) is 6.07 Å². The van der Waals surface area contributed by atoms with E-state index in [9.17, 15) is 4.79 Å². The van der Waals surface area contributed by atoms with Crippen molar-refractivity contribution < 1.29 is 9.53 Å². The van der Waals surface area contributed by atoms with E-state index in [1.165, 1.54) is 6.20 Å². The topological polar surface area (TPSA) is 63.0 Å². The van der Waals surface area contributed by atoms with E-state index in [1.807, 2.05) is 6.07 Å². The Hall–Kier alpha value is -1.89. The highest BCUT2D eigenvalue weighted by Crippen LogP contribution is 2.26. The van der Waals surface area contributed by atoms with Crippen LogP contribution in [0.4, 0.5) is 0 Å². The largest absolute Gasteiger partial charge is 0.489 e. The van der Waals surface area contributed by atoms with Crippen LogP contribution in [0.2, 0.25) is 0 Å². The molecule has 1 aromatic heterocycles. The van der Waals surface area contributed by atoms with Crippen molar-refractivity contribution in [2.75, 3.05) is 0 Å². The van der Waals surface area contributed by atoms with Crippen molar-refractivity contribution in [1.82, 2.24) is 4.98 Å². The molecule has 1 fully saturated rings. The zero-order valence-corrected chi connectivity index (χ0v) is 7.43. The summed E-state index contributed by atoms with van der Waals surface area (Å²) in [7, 11) is 0. The van der Waals surface area contributed by atoms with Gasteiger partial charge >= 0.3 is 0 Å². The highest BCUT2D eigenvalue weighted by molar-refractivity contribution is 5.78. The molecule has 0 radical (unpaired) electrons. The summed E-state index contributed by atoms with van der Waals surface area (Å²) in [6, 6.07) is 3.40. The van der Waals surface area contributed by atoms with Gasteiger partial charge < -0.3 is 4.74 Å². The summed E-state index contributed by atoms with van der Waals surface area (Å²) in [5, 5.41) is 8.62. The van der Waals surface area contributed by atoms with E-state index in [-0.39, 0.29) is 17.4 Å². The molecule has 0 saturated heterocycles. The summed E-state index contributed by atoms with van der Waals surface area (Å²) in [6.45, 7) is 0. The molecule has 2 rings (SSSR count). The summed E-state index contributed by atoms with van der Waals surface area (Å²) in [5.74, 6) is 0.564. The Morgan fingerprint density at radius 3 is 3.00 bits per heavy atom. The van der Waals surface area contributed by atoms with Gasteiger partial charge in [0.05, 0.1) is 17.9 Å². The molecule has 1 saturated carbocycles. The predicted molar refractivity (Wildman–Crippen MR) is 48.0 cm³/mol. The molecule has 1 aliphatic carbocycles. The first-order chi connectivity index (χ1) is 6.83. The van der Waals surface area contributed by atoms with Crippen molar-refractivity contribution in [2.24, 2.45) is 0 Å². The van der Waals surface area contributed by atoms with E-state index in [2.05, 4.69) is 4.98 Å². The second-order valence-corrected chi connectivity index (χ2v) is 3.16. The molecular formula is C10H8N2O2. The lowest BCUT2D eigenvalue weighted by molar-refractivity contribution is 0.112. The Kier molecular flexibility index (Phi) is 2.15. The maximum Gasteiger partial charge on any atom is 0.153 e. The number of pyridine rings is 1. The van der Waals surface area contributed by atoms with Gasteiger partial charge in [-0.3, -0.25) is 4.79 Å². The standard InChI is InChI=1S/C10H8N2O2/c11-4-10-7(6-13)3-9(5-12-10)14-8-1-2-8/h3,5-6,8H,1-2H2. The Bertz CT molecular complexity index is 405. The van der Waals surface area contributed by atoms with Gasteiger partial charge in [0.2, 0.25) is 0 Å². The second kappa shape index (κ2) is 3.46. The van der Waals surface area contributed by atoms with Crippen molar-refractivity contribution in [2.45, 2.75) is 18.9 Å². The lowest BCUT2D eigenvalue weighted by Crippen LogP contribution is -1.99. The van der Waals surface area contributed by atoms with Gasteiger partial charge in [0.15, 0.2) is 12.0 Å². The highest BCUT2D eigenvalue weighted by atomic mass is 16.5. The van der Waals surface area contributed by atoms with E-state index in [0.717, 1.165) is 12.8 Å². The molecule has 14 heavy (non-hydrogen) atoms. The molecule has 70 valence electrons. The van der Waals surface area contributed by atoms with E-state index >= 15 is 0 Å². The number of hydrogen-bond donors (Lipinski definition) is 0. The monoisotopic (exact) mass is 188 g/mol. The third kappa shape index (κ3) is 1.72. The number of nitriles is 1. The molecule has 1 aromatic rings. The van der Waals surface area contributed by atoms with E-state index in [0.29, 0.717) is 12.0 Å². The predicted octanol–water partition coefficient (Wildman–Crippen LogP) is 1.31. The zero-order chi connectivity index (χ0) is 9.97. The maximum atomic E-state index is 10.6. The average molecular weight is 188 g/mol. The van der Waals surface area contributed by atoms with Gasteiger partial charge in [0.25, 0.3) is 0 Å². The molecule has 0 aromatic carbocycles. The van der Waals surface area contributed by atoms with Gasteiger partial charge in [-0.15, -0.1) is 0 Å². The average Bonchev–Trinajstić information content (AvgIpc) is 3.01. The molecule has 0 unspecified atom stereocenters. The minimum atomic E-state index is 0.142. The van der Waals surface area contributed by atoms with Gasteiger partial charge in [0, 0.05) is 0 Å². The lowest BCUT2D eigenvalue weighted by Gasteiger charge is -2.03. The van der Waals surface area contributed by atoms with Crippen LogP contribution in [0.15, 0.2) is 12.3 Å². The molecule has 0 amide bonds. The number of hydrogen-bond acceptors (Lipinski definition) is 4. The SMILES string of the molecule is N#Cc1ncc(OC2CC2)cc1C=O. The normalized spacial score (nSPS) is 14.5. The van der Waals surface area contributed by atoms with Crippen LogP contribution in [0, 0.1) is 11.3 Å². The minimum absolute atomic E-state index is 0.142. The van der Waals surface area contributed by atoms with Crippen molar-refractivity contribution in [1.29, 1.82) is 5.26 Å². The fraction of sp³-hybridized carbons (Fsp3) is 0.300. The third-order valence-electron chi connectivity index (χ3n) is 1.95. The molecule has 0 bridgehead atoms. The van der Waals surface area contributed by atoms with Gasteiger partial charge in [-0.1, -0.05) is 0 Å². The molecular weight excluding hydrogens is 180 g/mol. The Labute approximate surface area is 81.1 Å². The molecule has 4 heteroatoms. The summed E-state index contributed by atoms with van der Waals surface area (Å²) in [5.41, 5.74) is 0.425. The van der Waals surface area contributed by atoms with Crippen molar-refractivity contribution >= 4 is 6.29 Å². The van der Waals surface area contributed by atoms with Crippen LogP contribution in [-0.2, 0) is 0 Å². The number of aldehydes is 1. The van der Waals surface area contributed by atoms with Crippen LogP contribution >= 0.6 is 0 Å². The summed E-state index contributed by atoms with van der Waals surface area (Å²) >= 11 is 0. The summed E-state index contributed by atoms with van der Waals surface area (Å²) in [6.07, 6.45) is 4.46. The van der Waals surface area contributed by atoms with E-state index in [4.69, 9.17) is 10.00 Å². The smallest absolute Gasteiger partial charge is 0.153 e. The molecule has 0 atom stereocenters. The van der Waals surface area contributed by atoms with E-state index < -0.39 is 0 Å². The molecule has 0 N–H and O–H groups in total. The first kappa shape index (κ1) is 8.70. The van der Waals surface area contributed by atoms with Crippen LogP contribution in [0.25, 0.3) is 0 Å². The van der Waals surface area contributed by atoms with Crippen molar-refractivity contribution in [3.05, 3.63) is 23.5 Å². The van der Waals surface area contributed by atoms with Gasteiger partial charge in [-0.25, -0.2) is 4.98 Å². The molecule has 0 spiro atoms. The minimum Gasteiger partial charge on any atom is -0.489 e. The fourth-order valence-corrected chi connectivity index (χ4v) is 1.09. The number of ether oxygens (including phenoxy) is 1. The number of aromatic nitrogens is 1. The lowest BCUT2D eigenvalue weighted by atomic mass is 10.2. The number of rotatable bonds is 3. The first-order valence-electron chi connectivity index (χ1n) is 4.35. The zero-order valence-electron chi connectivity index (χ0n) is 7.43. The van der Waals surface area contributed by atoms with Crippen LogP contribution in [0.3, 0.4) is 0 Å². The van der Waals surface area contributed by atoms with Gasteiger partial charge in [-0.2, -0.15) is 5.26 Å². The number of nitrogens with zero attached hydrogens (tertiary/aromatic N) is 2. The first-order valence-corrected chi connectivity index (χ1v) is 4.35. The van der Waals surface area contributed by atoms with Crippen molar-refractivity contribution in [3.8, 4) is 11.8 Å². The maximum absolute atomic E-state index is 10.6. The molecule has 0 aliphatic heterocycles. The van der Waals surface area contributed by atoms with Gasteiger partial charge in [-0.05, 0) is 18.9 Å². The van der Waals surface area contributed by atoms with Crippen LogP contribution in [0.1, 0.15) is 28.9 Å². The molecule has 1 aliphatic rings. The Morgan fingerprint density at radius 1 is 1.64 bits per heavy atom. The van der Waals surface area contributed by atoms with Crippen molar-refractivity contribution in [3.63, 3.8) is 0 Å². The van der Waals surface area contributed by atoms with Crippen LogP contribution in [0.5, 0.6) is 5.75 Å². The molecule has 1 heterocycles. The van der Waals surface area contributed by atoms with Crippen LogP contribution < -0.4 is 4.74 Å². The molecule has 4 nitrogen and oxygen atoms in total. The number of carbonyl (C=O) groups is 1. The fourth-order valence-electron chi connectivity index (χ4n) is 1.09. The quantitative estimate of drug-likeness (QED) is 0.671. The summed E-state index contributed by atoms with van der Waals surface area (Å²) < 4.78 is 5.44. The summed E-state index contributed by atoms with van der Waals surface area (Å²) in [4.78, 5) is 14.4. The second-order valence-electron chi connectivity index (χ2n) is 3.16. The Morgan fingerprint density at radius 2 is 2.43 bits per heavy atom. The van der Waals surface area contributed by atoms with Crippen LogP contribution in [-0.4, -0.2) is 17.4 Å². The Balaban J connectivity index is 2.26. The van der Waals surface area contributed by atoms with Gasteiger partial charge in [0.1, 0.15) is 11.8 Å². The highest BCUT2D eigenvalue weighted by Gasteiger charge is 2.23. The number of carbonyl (C=O) groups excluding carboxylic acids is 1.